The molecule has 0 radical (unpaired) electrons. The molecule has 0 spiro atoms. The van der Waals surface area contributed by atoms with Gasteiger partial charge in [-0.1, -0.05) is 0 Å². The number of rotatable bonds is 2. The highest BCUT2D eigenvalue weighted by Crippen LogP contribution is 2.08. The van der Waals surface area contributed by atoms with Crippen LogP contribution in [0.4, 0.5) is 0 Å². The molecule has 0 aromatic carbocycles. The van der Waals surface area contributed by atoms with Crippen molar-refractivity contribution in [3.63, 3.8) is 0 Å². The van der Waals surface area contributed by atoms with Gasteiger partial charge < -0.3 is 4.42 Å². The Morgan fingerprint density at radius 3 is 2.55 bits per heavy atom. The van der Waals surface area contributed by atoms with E-state index >= 15 is 0 Å². The van der Waals surface area contributed by atoms with Crippen molar-refractivity contribution in [2.75, 3.05) is 0 Å². The summed E-state index contributed by atoms with van der Waals surface area (Å²) in [6.07, 6.45) is 0.300. The number of Topliss-reactive ketones (excluding diaryl/α,β-unsaturated/α-hetero) is 1. The van der Waals surface area contributed by atoms with Crippen LogP contribution in [-0.2, 0) is 11.2 Å². The molecule has 1 aromatic heterocycles. The zero-order valence-corrected chi connectivity index (χ0v) is 6.97. The molecule has 0 N–H and O–H groups in total. The molecule has 0 atom stereocenters. The number of carbonyl (C=O) groups excluding carboxylic acids is 1. The van der Waals surface area contributed by atoms with E-state index in [0.29, 0.717) is 12.3 Å². The monoisotopic (exact) mass is 153 g/mol. The highest BCUT2D eigenvalue weighted by atomic mass is 16.4. The lowest BCUT2D eigenvalue weighted by atomic mass is 10.3. The number of oxazole rings is 1. The first-order valence-corrected chi connectivity index (χ1v) is 3.52. The molecule has 0 aliphatic heterocycles. The number of carbonyl (C=O) groups is 1. The van der Waals surface area contributed by atoms with Gasteiger partial charge in [0.1, 0.15) is 11.5 Å². The van der Waals surface area contributed by atoms with Crippen LogP contribution in [0, 0.1) is 13.8 Å². The minimum absolute atomic E-state index is 0.0752. The normalized spacial score (nSPS) is 10.1. The Hall–Kier alpha value is -1.12. The lowest BCUT2D eigenvalue weighted by Crippen LogP contribution is -1.95. The number of aryl methyl sites for hydroxylation is 2. The van der Waals surface area contributed by atoms with Crippen molar-refractivity contribution in [3.05, 3.63) is 17.3 Å². The van der Waals surface area contributed by atoms with Crippen molar-refractivity contribution in [1.82, 2.24) is 4.98 Å². The molecule has 1 aromatic rings. The average Bonchev–Trinajstić information content (AvgIpc) is 2.10. The van der Waals surface area contributed by atoms with Crippen LogP contribution in [0.3, 0.4) is 0 Å². The summed E-state index contributed by atoms with van der Waals surface area (Å²) in [5.74, 6) is 1.39. The van der Waals surface area contributed by atoms with Crippen LogP contribution in [0.1, 0.15) is 24.3 Å². The van der Waals surface area contributed by atoms with E-state index in [2.05, 4.69) is 4.98 Å². The van der Waals surface area contributed by atoms with E-state index in [4.69, 9.17) is 4.42 Å². The predicted molar refractivity (Wildman–Crippen MR) is 40.4 cm³/mol. The van der Waals surface area contributed by atoms with E-state index in [9.17, 15) is 4.79 Å². The van der Waals surface area contributed by atoms with Crippen molar-refractivity contribution < 1.29 is 9.21 Å². The summed E-state index contributed by atoms with van der Waals surface area (Å²) in [5, 5.41) is 0. The smallest absolute Gasteiger partial charge is 0.202 e. The van der Waals surface area contributed by atoms with Gasteiger partial charge in [-0.25, -0.2) is 4.98 Å². The summed E-state index contributed by atoms with van der Waals surface area (Å²) in [6.45, 7) is 5.23. The largest absolute Gasteiger partial charge is 0.445 e. The molecule has 0 unspecified atom stereocenters. The van der Waals surface area contributed by atoms with Crippen LogP contribution < -0.4 is 0 Å². The summed E-state index contributed by atoms with van der Waals surface area (Å²) in [5.41, 5.74) is 0.862. The van der Waals surface area contributed by atoms with E-state index in [1.165, 1.54) is 6.92 Å². The fourth-order valence-electron chi connectivity index (χ4n) is 0.828. The summed E-state index contributed by atoms with van der Waals surface area (Å²) < 4.78 is 5.19. The van der Waals surface area contributed by atoms with Crippen LogP contribution in [0.25, 0.3) is 0 Å². The highest BCUT2D eigenvalue weighted by Gasteiger charge is 2.06. The lowest BCUT2D eigenvalue weighted by Gasteiger charge is -1.85. The Morgan fingerprint density at radius 1 is 1.55 bits per heavy atom. The Morgan fingerprint density at radius 2 is 2.18 bits per heavy atom. The molecule has 1 rings (SSSR count). The molecule has 0 saturated carbocycles. The van der Waals surface area contributed by atoms with Crippen LogP contribution >= 0.6 is 0 Å². The molecule has 0 amide bonds. The van der Waals surface area contributed by atoms with Gasteiger partial charge in [0.05, 0.1) is 12.1 Å². The van der Waals surface area contributed by atoms with Gasteiger partial charge in [-0.15, -0.1) is 0 Å². The lowest BCUT2D eigenvalue weighted by molar-refractivity contribution is -0.116. The first kappa shape index (κ1) is 7.98. The van der Waals surface area contributed by atoms with Gasteiger partial charge in [0.15, 0.2) is 0 Å². The van der Waals surface area contributed by atoms with E-state index in [-0.39, 0.29) is 5.78 Å². The molecule has 0 fully saturated rings. The molecule has 3 nitrogen and oxygen atoms in total. The zero-order valence-electron chi connectivity index (χ0n) is 6.97. The average molecular weight is 153 g/mol. The Balaban J connectivity index is 2.81. The van der Waals surface area contributed by atoms with Gasteiger partial charge in [0.25, 0.3) is 0 Å². The maximum absolute atomic E-state index is 10.6. The molecule has 0 saturated heterocycles. The molecule has 11 heavy (non-hydrogen) atoms. The fourth-order valence-corrected chi connectivity index (χ4v) is 0.828. The summed E-state index contributed by atoms with van der Waals surface area (Å²) in [4.78, 5) is 14.7. The second-order valence-corrected chi connectivity index (χ2v) is 2.63. The van der Waals surface area contributed by atoms with Crippen LogP contribution in [0.2, 0.25) is 0 Å². The second kappa shape index (κ2) is 2.86. The first-order valence-electron chi connectivity index (χ1n) is 3.52. The molecule has 0 bridgehead atoms. The van der Waals surface area contributed by atoms with Gasteiger partial charge in [0, 0.05) is 0 Å². The van der Waals surface area contributed by atoms with E-state index in [1.807, 2.05) is 13.8 Å². The third kappa shape index (κ3) is 1.90. The van der Waals surface area contributed by atoms with E-state index in [0.717, 1.165) is 11.5 Å². The second-order valence-electron chi connectivity index (χ2n) is 2.63. The van der Waals surface area contributed by atoms with Crippen LogP contribution in [0.15, 0.2) is 4.42 Å². The van der Waals surface area contributed by atoms with Gasteiger partial charge in [-0.2, -0.15) is 0 Å². The quantitative estimate of drug-likeness (QED) is 0.645. The number of hydrogen-bond donors (Lipinski definition) is 0. The van der Waals surface area contributed by atoms with E-state index in [1.54, 1.807) is 0 Å². The number of nitrogens with zero attached hydrogens (tertiary/aromatic N) is 1. The first-order chi connectivity index (χ1) is 5.09. The molecular weight excluding hydrogens is 142 g/mol. The molecular formula is C8H11NO2. The minimum Gasteiger partial charge on any atom is -0.445 e. The number of aromatic nitrogens is 1. The molecule has 0 aliphatic carbocycles. The fraction of sp³-hybridized carbons (Fsp3) is 0.500. The maximum Gasteiger partial charge on any atom is 0.202 e. The topological polar surface area (TPSA) is 43.1 Å². The Labute approximate surface area is 65.4 Å². The van der Waals surface area contributed by atoms with Crippen molar-refractivity contribution in [1.29, 1.82) is 0 Å². The predicted octanol–water partition coefficient (Wildman–Crippen LogP) is 1.42. The van der Waals surface area contributed by atoms with Crippen LogP contribution in [0.5, 0.6) is 0 Å². The molecule has 0 aliphatic rings. The van der Waals surface area contributed by atoms with E-state index < -0.39 is 0 Å². The van der Waals surface area contributed by atoms with Crippen LogP contribution in [-0.4, -0.2) is 10.8 Å². The zero-order chi connectivity index (χ0) is 8.43. The Bertz CT molecular complexity index is 256. The van der Waals surface area contributed by atoms with Crippen molar-refractivity contribution in [2.45, 2.75) is 27.2 Å². The Kier molecular flexibility index (Phi) is 2.08. The summed E-state index contributed by atoms with van der Waals surface area (Å²) >= 11 is 0. The van der Waals surface area contributed by atoms with Gasteiger partial charge in [-0.05, 0) is 20.8 Å². The third-order valence-electron chi connectivity index (χ3n) is 1.47. The standard InChI is InChI=1S/C8H11NO2/c1-5(10)4-8-9-6(2)7(3)11-8/h4H2,1-3H3. The summed E-state index contributed by atoms with van der Waals surface area (Å²) in [7, 11) is 0. The van der Waals surface area contributed by atoms with Gasteiger partial charge in [0.2, 0.25) is 5.89 Å². The molecule has 3 heteroatoms. The van der Waals surface area contributed by atoms with Crippen molar-refractivity contribution >= 4 is 5.78 Å². The number of ketones is 1. The van der Waals surface area contributed by atoms with Crippen molar-refractivity contribution in [2.24, 2.45) is 0 Å². The highest BCUT2D eigenvalue weighted by molar-refractivity contribution is 5.77. The van der Waals surface area contributed by atoms with Crippen molar-refractivity contribution in [3.8, 4) is 0 Å². The third-order valence-corrected chi connectivity index (χ3v) is 1.47. The molecule has 1 heterocycles. The SMILES string of the molecule is CC(=O)Cc1nc(C)c(C)o1. The molecule has 60 valence electrons. The summed E-state index contributed by atoms with van der Waals surface area (Å²) in [6, 6.07) is 0. The number of hydrogen-bond acceptors (Lipinski definition) is 3. The maximum atomic E-state index is 10.6. The van der Waals surface area contributed by atoms with Gasteiger partial charge >= 0.3 is 0 Å². The van der Waals surface area contributed by atoms with Gasteiger partial charge in [-0.3, -0.25) is 4.79 Å². The minimum atomic E-state index is 0.0752.